The molecule has 2 aromatic heterocycles. The van der Waals surface area contributed by atoms with Crippen LogP contribution in [0.25, 0.3) is 49.7 Å². The third-order valence-corrected chi connectivity index (χ3v) is 12.8. The molecule has 308 valence electrons. The minimum Gasteiger partial charge on any atom is -0.457 e. The molecule has 6 nitrogen and oxygen atoms in total. The Bertz CT molecular complexity index is 3420. The van der Waals surface area contributed by atoms with Crippen LogP contribution in [0.15, 0.2) is 206 Å². The van der Waals surface area contributed by atoms with E-state index < -0.39 is 0 Å². The van der Waals surface area contributed by atoms with Crippen LogP contribution in [0.5, 0.6) is 11.5 Å². The summed E-state index contributed by atoms with van der Waals surface area (Å²) >= 11 is 0. The van der Waals surface area contributed by atoms with Crippen LogP contribution in [-0.4, -0.2) is 16.2 Å². The molecule has 0 radical (unpaired) electrons. The van der Waals surface area contributed by atoms with E-state index in [1.807, 2.05) is 12.3 Å². The first-order valence-electron chi connectivity index (χ1n) is 22.0. The molecule has 0 aliphatic carbocycles. The van der Waals surface area contributed by atoms with Gasteiger partial charge in [-0.15, -0.1) is 0 Å². The minimum absolute atomic E-state index is 0.0478. The van der Waals surface area contributed by atoms with Gasteiger partial charge in [0, 0.05) is 51.6 Å². The summed E-state index contributed by atoms with van der Waals surface area (Å²) in [5.74, 6) is 2.37. The Kier molecular flexibility index (Phi) is 8.70. The van der Waals surface area contributed by atoms with Crippen LogP contribution in [0, 0.1) is 0 Å². The summed E-state index contributed by atoms with van der Waals surface area (Å²) in [6.07, 6.45) is 1.93. The van der Waals surface area contributed by atoms with Crippen LogP contribution in [0.3, 0.4) is 0 Å². The number of fused-ring (bicyclic) bond motifs is 9. The highest BCUT2D eigenvalue weighted by molar-refractivity contribution is 6.16. The van der Waals surface area contributed by atoms with Crippen molar-refractivity contribution in [3.05, 3.63) is 212 Å². The van der Waals surface area contributed by atoms with E-state index in [-0.39, 0.29) is 5.41 Å². The number of aromatic nitrogens is 2. The van der Waals surface area contributed by atoms with E-state index in [2.05, 4.69) is 234 Å². The van der Waals surface area contributed by atoms with Crippen molar-refractivity contribution >= 4 is 61.7 Å². The van der Waals surface area contributed by atoms with Gasteiger partial charge in [-0.3, -0.25) is 4.90 Å². The van der Waals surface area contributed by atoms with Gasteiger partial charge in [-0.1, -0.05) is 124 Å². The predicted octanol–water partition coefficient (Wildman–Crippen LogP) is 15.6. The largest absolute Gasteiger partial charge is 0.457 e. The molecule has 2 aliphatic heterocycles. The van der Waals surface area contributed by atoms with Crippen molar-refractivity contribution in [2.45, 2.75) is 26.2 Å². The Hall–Kier alpha value is -8.09. The molecule has 64 heavy (non-hydrogen) atoms. The van der Waals surface area contributed by atoms with Crippen molar-refractivity contribution in [1.29, 1.82) is 0 Å². The Morgan fingerprint density at radius 1 is 0.453 bits per heavy atom. The molecule has 0 unspecified atom stereocenters. The van der Waals surface area contributed by atoms with Gasteiger partial charge in [0.25, 0.3) is 0 Å². The number of benzene rings is 8. The van der Waals surface area contributed by atoms with Crippen molar-refractivity contribution < 1.29 is 4.74 Å². The molecule has 0 saturated carbocycles. The van der Waals surface area contributed by atoms with Crippen molar-refractivity contribution in [3.63, 3.8) is 0 Å². The third kappa shape index (κ3) is 6.13. The molecular weight excluding hydrogens is 783 g/mol. The Morgan fingerprint density at radius 2 is 1.06 bits per heavy atom. The Morgan fingerprint density at radius 3 is 1.86 bits per heavy atom. The second-order valence-electron chi connectivity index (χ2n) is 17.7. The Labute approximate surface area is 373 Å². The quantitative estimate of drug-likeness (QED) is 0.167. The molecule has 2 aliphatic rings. The van der Waals surface area contributed by atoms with E-state index in [1.54, 1.807) is 0 Å². The lowest BCUT2D eigenvalue weighted by molar-refractivity contribution is 0.483. The van der Waals surface area contributed by atoms with Crippen LogP contribution < -0.4 is 19.4 Å². The summed E-state index contributed by atoms with van der Waals surface area (Å²) < 4.78 is 9.27. The summed E-state index contributed by atoms with van der Waals surface area (Å²) in [6, 6.07) is 71.4. The molecule has 12 rings (SSSR count). The molecule has 10 aromatic rings. The zero-order valence-electron chi connectivity index (χ0n) is 36.0. The number of hydrogen-bond donors (Lipinski definition) is 0. The molecule has 0 spiro atoms. The maximum absolute atomic E-state index is 6.88. The van der Waals surface area contributed by atoms with Gasteiger partial charge < -0.3 is 19.1 Å². The van der Waals surface area contributed by atoms with Gasteiger partial charge in [0.2, 0.25) is 0 Å². The standard InChI is InChI=1S/C58H45N5O/c1-58(2,3)39-33-34-59-56(35-39)63-49-25-11-9-23-46(49)44-21-7-8-22-45(44)47-32-31-43(37-55(47)63)64-42-20-15-19-41(36-42)60-38-61(52-28-14-13-27-51(52)60)53-29-16-30-54-57(53)48-24-10-12-26-50(48)62(54)40-17-5-4-6-18-40/h4-37H,38H2,1-3H3. The lowest BCUT2D eigenvalue weighted by Crippen LogP contribution is -2.24. The fraction of sp³-hybridized carbons (Fsp3) is 0.0862. The second-order valence-corrected chi connectivity index (χ2v) is 17.7. The molecule has 0 atom stereocenters. The first-order chi connectivity index (χ1) is 31.4. The van der Waals surface area contributed by atoms with Crippen LogP contribution >= 0.6 is 0 Å². The fourth-order valence-electron chi connectivity index (χ4n) is 9.79. The maximum Gasteiger partial charge on any atom is 0.137 e. The molecule has 8 aromatic carbocycles. The fourth-order valence-corrected chi connectivity index (χ4v) is 9.79. The van der Waals surface area contributed by atoms with Gasteiger partial charge >= 0.3 is 0 Å². The molecule has 0 fully saturated rings. The highest BCUT2D eigenvalue weighted by Crippen LogP contribution is 2.52. The topological polar surface area (TPSA) is 36.8 Å². The zero-order chi connectivity index (χ0) is 42.9. The van der Waals surface area contributed by atoms with E-state index in [9.17, 15) is 0 Å². The normalized spacial score (nSPS) is 13.1. The smallest absolute Gasteiger partial charge is 0.137 e. The predicted molar refractivity (Wildman–Crippen MR) is 265 cm³/mol. The van der Waals surface area contributed by atoms with E-state index in [4.69, 9.17) is 9.72 Å². The number of hydrogen-bond acceptors (Lipinski definition) is 5. The summed E-state index contributed by atoms with van der Waals surface area (Å²) in [5.41, 5.74) is 15.9. The van der Waals surface area contributed by atoms with Crippen LogP contribution in [0.1, 0.15) is 26.3 Å². The second kappa shape index (κ2) is 14.8. The third-order valence-electron chi connectivity index (χ3n) is 12.8. The van der Waals surface area contributed by atoms with E-state index in [1.165, 1.54) is 44.2 Å². The summed E-state index contributed by atoms with van der Waals surface area (Å²) in [5, 5.41) is 2.46. The Balaban J connectivity index is 0.933. The van der Waals surface area contributed by atoms with Crippen molar-refractivity contribution in [2.24, 2.45) is 0 Å². The highest BCUT2D eigenvalue weighted by atomic mass is 16.5. The number of anilines is 7. The van der Waals surface area contributed by atoms with E-state index >= 15 is 0 Å². The number of nitrogens with zero attached hydrogens (tertiary/aromatic N) is 5. The lowest BCUT2D eigenvalue weighted by atomic mass is 9.87. The first kappa shape index (κ1) is 37.7. The van der Waals surface area contributed by atoms with Crippen LogP contribution in [0.4, 0.5) is 39.9 Å². The first-order valence-corrected chi connectivity index (χ1v) is 22.0. The van der Waals surface area contributed by atoms with Gasteiger partial charge in [0.05, 0.1) is 39.5 Å². The number of ether oxygens (including phenoxy) is 1. The molecule has 0 saturated heterocycles. The minimum atomic E-state index is -0.0478. The monoisotopic (exact) mass is 827 g/mol. The highest BCUT2D eigenvalue weighted by Gasteiger charge is 2.31. The zero-order valence-corrected chi connectivity index (χ0v) is 36.0. The summed E-state index contributed by atoms with van der Waals surface area (Å²) in [6.45, 7) is 7.38. The van der Waals surface area contributed by atoms with E-state index in [0.29, 0.717) is 6.67 Å². The molecule has 0 bridgehead atoms. The molecule has 0 amide bonds. The van der Waals surface area contributed by atoms with Gasteiger partial charge in [-0.25, -0.2) is 4.98 Å². The lowest BCUT2D eigenvalue weighted by Gasteiger charge is -2.28. The summed E-state index contributed by atoms with van der Waals surface area (Å²) in [7, 11) is 0. The molecular formula is C58H45N5O. The van der Waals surface area contributed by atoms with Crippen LogP contribution in [0.2, 0.25) is 0 Å². The molecule has 4 heterocycles. The number of pyridine rings is 1. The van der Waals surface area contributed by atoms with Gasteiger partial charge in [0.15, 0.2) is 0 Å². The molecule has 0 N–H and O–H groups in total. The van der Waals surface area contributed by atoms with Gasteiger partial charge in [-0.05, 0) is 107 Å². The van der Waals surface area contributed by atoms with Crippen LogP contribution in [-0.2, 0) is 5.41 Å². The summed E-state index contributed by atoms with van der Waals surface area (Å²) in [4.78, 5) is 12.2. The average Bonchev–Trinajstić information content (AvgIpc) is 3.85. The number of para-hydroxylation sites is 5. The number of rotatable bonds is 6. The SMILES string of the molecule is CC(C)(C)c1ccnc(N2c3ccccc3-c3ccccc3-c3ccc(Oc4cccc(N5CN(c6cccc7c6c6ccccc6n7-c6ccccc6)c6ccccc65)c4)cc32)c1. The van der Waals surface area contributed by atoms with Crippen molar-refractivity contribution in [2.75, 3.05) is 21.4 Å². The van der Waals surface area contributed by atoms with Gasteiger partial charge in [0.1, 0.15) is 24.0 Å². The van der Waals surface area contributed by atoms with Crippen molar-refractivity contribution in [1.82, 2.24) is 9.55 Å². The average molecular weight is 828 g/mol. The van der Waals surface area contributed by atoms with Crippen molar-refractivity contribution in [3.8, 4) is 39.4 Å². The maximum atomic E-state index is 6.88. The van der Waals surface area contributed by atoms with E-state index in [0.717, 1.165) is 62.6 Å². The van der Waals surface area contributed by atoms with Gasteiger partial charge in [-0.2, -0.15) is 0 Å². The molecule has 6 heteroatoms.